The number of hydrogen-bond acceptors (Lipinski definition) is 1. The van der Waals surface area contributed by atoms with Gasteiger partial charge in [0, 0.05) is 53.1 Å². The van der Waals surface area contributed by atoms with Gasteiger partial charge in [-0.25, -0.2) is 0 Å². The van der Waals surface area contributed by atoms with Gasteiger partial charge in [-0.3, -0.25) is 0 Å². The van der Waals surface area contributed by atoms with Crippen molar-refractivity contribution in [1.82, 2.24) is 9.13 Å². The van der Waals surface area contributed by atoms with Crippen molar-refractivity contribution in [3.8, 4) is 11.4 Å². The van der Waals surface area contributed by atoms with Crippen LogP contribution in [0.1, 0.15) is 0 Å². The summed E-state index contributed by atoms with van der Waals surface area (Å²) >= 11 is 1.89. The van der Waals surface area contributed by atoms with Gasteiger partial charge in [-0.2, -0.15) is 0 Å². The molecule has 0 N–H and O–H groups in total. The topological polar surface area (TPSA) is 9.86 Å². The van der Waals surface area contributed by atoms with E-state index in [1.54, 1.807) is 0 Å². The lowest BCUT2D eigenvalue weighted by Crippen LogP contribution is -2.74. The van der Waals surface area contributed by atoms with E-state index in [4.69, 9.17) is 0 Å². The van der Waals surface area contributed by atoms with Crippen molar-refractivity contribution in [1.29, 1.82) is 0 Å². The lowest BCUT2D eigenvalue weighted by atomic mass is 10.1. The van der Waals surface area contributed by atoms with Crippen molar-refractivity contribution >= 4 is 104 Å². The van der Waals surface area contributed by atoms with E-state index in [1.807, 2.05) is 11.3 Å². The monoisotopic (exact) mass is 772 g/mol. The second-order valence-electron chi connectivity index (χ2n) is 15.2. The Balaban J connectivity index is 1.21. The number of thiophene rings is 1. The van der Waals surface area contributed by atoms with Gasteiger partial charge in [-0.05, 0) is 81.4 Å². The average molecular weight is 773 g/mol. The zero-order valence-electron chi connectivity index (χ0n) is 31.6. The number of aromatic nitrogens is 2. The van der Waals surface area contributed by atoms with E-state index in [-0.39, 0.29) is 0 Å². The van der Waals surface area contributed by atoms with Gasteiger partial charge in [0.1, 0.15) is 0 Å². The number of benzene rings is 9. The Hall–Kier alpha value is -6.98. The molecule has 4 heteroatoms. The van der Waals surface area contributed by atoms with Crippen molar-refractivity contribution in [3.05, 3.63) is 218 Å². The van der Waals surface area contributed by atoms with E-state index in [2.05, 4.69) is 228 Å². The van der Waals surface area contributed by atoms with Crippen LogP contribution in [-0.4, -0.2) is 17.2 Å². The smallest absolute Gasteiger partial charge is 0.180 e. The van der Waals surface area contributed by atoms with E-state index < -0.39 is 8.07 Å². The molecular weight excluding hydrogens is 737 g/mol. The van der Waals surface area contributed by atoms with E-state index in [1.165, 1.54) is 95.9 Å². The van der Waals surface area contributed by atoms with Gasteiger partial charge in [-0.15, -0.1) is 11.3 Å². The summed E-state index contributed by atoms with van der Waals surface area (Å²) in [5, 5.41) is 13.3. The van der Waals surface area contributed by atoms with Gasteiger partial charge in [-0.1, -0.05) is 158 Å². The van der Waals surface area contributed by atoms with E-state index in [9.17, 15) is 0 Å². The van der Waals surface area contributed by atoms with Gasteiger partial charge in [0.2, 0.25) is 0 Å². The fraction of sp³-hybridized carbons (Fsp3) is 0. The number of fused-ring (bicyclic) bond motifs is 10. The Kier molecular flexibility index (Phi) is 7.46. The summed E-state index contributed by atoms with van der Waals surface area (Å²) in [5.74, 6) is 0. The molecule has 0 spiro atoms. The average Bonchev–Trinajstić information content (AvgIpc) is 3.96. The van der Waals surface area contributed by atoms with Gasteiger partial charge >= 0.3 is 0 Å². The van der Waals surface area contributed by atoms with Crippen molar-refractivity contribution in [2.24, 2.45) is 0 Å². The molecule has 0 aliphatic rings. The van der Waals surface area contributed by atoms with Crippen LogP contribution in [0.2, 0.25) is 0 Å². The van der Waals surface area contributed by atoms with E-state index in [0.29, 0.717) is 0 Å². The maximum atomic E-state index is 2.52. The van der Waals surface area contributed by atoms with Gasteiger partial charge in [0.05, 0.1) is 22.1 Å². The Morgan fingerprint density at radius 2 is 0.810 bits per heavy atom. The molecule has 0 unspecified atom stereocenters. The van der Waals surface area contributed by atoms with Crippen molar-refractivity contribution in [2.45, 2.75) is 0 Å². The van der Waals surface area contributed by atoms with Crippen LogP contribution < -0.4 is 20.7 Å². The first-order chi connectivity index (χ1) is 28.8. The molecule has 3 heterocycles. The van der Waals surface area contributed by atoms with Gasteiger partial charge < -0.3 is 9.13 Å². The predicted octanol–water partition coefficient (Wildman–Crippen LogP) is 11.6. The zero-order valence-corrected chi connectivity index (χ0v) is 33.4. The van der Waals surface area contributed by atoms with Gasteiger partial charge in [0.15, 0.2) is 8.07 Å². The molecule has 2 nitrogen and oxygen atoms in total. The Morgan fingerprint density at radius 3 is 1.52 bits per heavy atom. The molecule has 3 aromatic heterocycles. The lowest BCUT2D eigenvalue weighted by molar-refractivity contribution is 1.18. The van der Waals surface area contributed by atoms with Crippen LogP contribution in [0.3, 0.4) is 0 Å². The standard InChI is InChI=1S/C54H36N2SSi/c1-4-18-37(19-5-1)55-45-29-13-10-26-42(45)52-47(55)31-17-33-51(52)58(39-21-6-2-7-22-39,40-23-8-3-9-24-40)41-25-16-20-38(36-41)56-46-30-14-11-27-43(46)53-48(56)34-35-50-54(53)44-28-12-15-32-49(44)57-50/h1-36H. The number of rotatable bonds is 6. The lowest BCUT2D eigenvalue weighted by Gasteiger charge is -2.35. The normalized spacial score (nSPS) is 12.1. The molecule has 12 rings (SSSR count). The van der Waals surface area contributed by atoms with Crippen molar-refractivity contribution in [2.75, 3.05) is 0 Å². The predicted molar refractivity (Wildman–Crippen MR) is 252 cm³/mol. The highest BCUT2D eigenvalue weighted by Crippen LogP contribution is 2.43. The highest BCUT2D eigenvalue weighted by atomic mass is 32.1. The van der Waals surface area contributed by atoms with Gasteiger partial charge in [0.25, 0.3) is 0 Å². The molecule has 0 bridgehead atoms. The minimum Gasteiger partial charge on any atom is -0.309 e. The number of hydrogen-bond donors (Lipinski definition) is 0. The molecule has 0 aliphatic carbocycles. The molecule has 0 atom stereocenters. The zero-order chi connectivity index (χ0) is 38.2. The first-order valence-corrected chi connectivity index (χ1v) is 22.8. The van der Waals surface area contributed by atoms with Crippen LogP contribution >= 0.6 is 11.3 Å². The van der Waals surface area contributed by atoms with Crippen LogP contribution in [0, 0.1) is 0 Å². The quantitative estimate of drug-likeness (QED) is 0.118. The minimum atomic E-state index is -3.04. The third-order valence-corrected chi connectivity index (χ3v) is 18.2. The molecule has 58 heavy (non-hydrogen) atoms. The Labute approximate surface area is 341 Å². The first kappa shape index (κ1) is 33.2. The fourth-order valence-corrected chi connectivity index (χ4v) is 16.1. The first-order valence-electron chi connectivity index (χ1n) is 19.9. The molecule has 0 amide bonds. The summed E-state index contributed by atoms with van der Waals surface area (Å²) < 4.78 is 7.62. The van der Waals surface area contributed by atoms with Crippen molar-refractivity contribution < 1.29 is 0 Å². The molecule has 0 fully saturated rings. The molecule has 12 aromatic rings. The number of nitrogens with zero attached hydrogens (tertiary/aromatic N) is 2. The molecule has 0 aliphatic heterocycles. The summed E-state index contributed by atoms with van der Waals surface area (Å²) in [6, 6.07) is 81.5. The number of para-hydroxylation sites is 3. The summed E-state index contributed by atoms with van der Waals surface area (Å²) in [6.45, 7) is 0. The highest BCUT2D eigenvalue weighted by molar-refractivity contribution is 7.26. The molecular formula is C54H36N2SSi. The third-order valence-electron chi connectivity index (χ3n) is 12.2. The van der Waals surface area contributed by atoms with Crippen LogP contribution in [0.4, 0.5) is 0 Å². The summed E-state index contributed by atoms with van der Waals surface area (Å²) in [6.07, 6.45) is 0. The van der Waals surface area contributed by atoms with E-state index in [0.717, 1.165) is 0 Å². The minimum absolute atomic E-state index is 1.17. The highest BCUT2D eigenvalue weighted by Gasteiger charge is 2.43. The SMILES string of the molecule is c1ccc(-n2c3ccccc3c3c([Si](c4ccccc4)(c4ccccc4)c4cccc(-n5c6ccccc6c6c7c(ccc65)sc5ccccc57)c4)cccc32)cc1. The molecule has 0 radical (unpaired) electrons. The maximum Gasteiger partial charge on any atom is 0.180 e. The van der Waals surface area contributed by atoms with E-state index >= 15 is 0 Å². The third kappa shape index (κ3) is 4.70. The van der Waals surface area contributed by atoms with Crippen LogP contribution in [-0.2, 0) is 0 Å². The van der Waals surface area contributed by atoms with Crippen LogP contribution in [0.15, 0.2) is 218 Å². The Bertz CT molecular complexity index is 3470. The molecule has 272 valence electrons. The summed E-state index contributed by atoms with van der Waals surface area (Å²) in [5.41, 5.74) is 7.22. The maximum absolute atomic E-state index is 3.04. The molecule has 9 aromatic carbocycles. The van der Waals surface area contributed by atoms with Crippen LogP contribution in [0.5, 0.6) is 0 Å². The fourth-order valence-electron chi connectivity index (χ4n) is 9.96. The largest absolute Gasteiger partial charge is 0.309 e. The molecule has 0 saturated carbocycles. The molecule has 0 saturated heterocycles. The summed E-state index contributed by atoms with van der Waals surface area (Å²) in [7, 11) is -3.04. The van der Waals surface area contributed by atoms with Crippen molar-refractivity contribution in [3.63, 3.8) is 0 Å². The second kappa shape index (κ2) is 13.0. The van der Waals surface area contributed by atoms with Crippen LogP contribution in [0.25, 0.3) is 75.2 Å². The Morgan fingerprint density at radius 1 is 0.310 bits per heavy atom. The summed E-state index contributed by atoms with van der Waals surface area (Å²) in [4.78, 5) is 0. The second-order valence-corrected chi connectivity index (χ2v) is 20.1.